The molecule has 0 aliphatic heterocycles. The van der Waals surface area contributed by atoms with Crippen molar-refractivity contribution in [2.75, 3.05) is 0 Å². The minimum atomic E-state index is -4.93. The molecule has 0 aliphatic rings. The van der Waals surface area contributed by atoms with E-state index in [-0.39, 0.29) is 27.0 Å². The Labute approximate surface area is 221 Å². The molecule has 0 atom stereocenters. The molecular weight excluding hydrogens is 576 g/mol. The molecule has 17 heteroatoms. The predicted octanol–water partition coefficient (Wildman–Crippen LogP) is 5.12. The third kappa shape index (κ3) is 6.30. The van der Waals surface area contributed by atoms with Gasteiger partial charge in [-0.1, -0.05) is 24.3 Å². The van der Waals surface area contributed by atoms with Crippen LogP contribution in [0.2, 0.25) is 0 Å². The highest BCUT2D eigenvalue weighted by Gasteiger charge is 2.23. The lowest BCUT2D eigenvalue weighted by molar-refractivity contribution is 0.472. The second-order valence-corrected chi connectivity index (χ2v) is 12.0. The van der Waals surface area contributed by atoms with Gasteiger partial charge in [0.25, 0.3) is 30.4 Å². The molecule has 14 nitrogen and oxygen atoms in total. The van der Waals surface area contributed by atoms with Crippen LogP contribution in [0.1, 0.15) is 0 Å². The molecule has 0 spiro atoms. The second kappa shape index (κ2) is 10.2. The van der Waals surface area contributed by atoms with Gasteiger partial charge in [0.1, 0.15) is 21.2 Å². The van der Waals surface area contributed by atoms with Crippen molar-refractivity contribution in [2.24, 2.45) is 20.5 Å². The largest absolute Gasteiger partial charge is 0.505 e. The number of phenolic OH excluding ortho intramolecular Hbond substituents is 1. The molecule has 0 saturated carbocycles. The average molecular weight is 593 g/mol. The first kappa shape index (κ1) is 27.9. The van der Waals surface area contributed by atoms with Crippen molar-refractivity contribution in [1.82, 2.24) is 0 Å². The summed E-state index contributed by atoms with van der Waals surface area (Å²) in [5, 5.41) is 26.0. The van der Waals surface area contributed by atoms with E-state index >= 15 is 0 Å². The fraction of sp³-hybridized carbons (Fsp3) is 0. The van der Waals surface area contributed by atoms with Gasteiger partial charge in [0.05, 0.1) is 16.3 Å². The minimum absolute atomic E-state index is 0.0902. The Morgan fingerprint density at radius 3 is 1.77 bits per heavy atom. The first-order valence-corrected chi connectivity index (χ1v) is 14.7. The van der Waals surface area contributed by atoms with Gasteiger partial charge in [-0.3, -0.25) is 13.7 Å². The molecule has 0 heterocycles. The van der Waals surface area contributed by atoms with Crippen molar-refractivity contribution in [3.05, 3.63) is 72.8 Å². The summed E-state index contributed by atoms with van der Waals surface area (Å²) in [7, 11) is -14.2. The van der Waals surface area contributed by atoms with Crippen LogP contribution >= 0.6 is 0 Å². The number of benzene rings is 4. The molecule has 4 aromatic rings. The number of nitrogens with zero attached hydrogens (tertiary/aromatic N) is 4. The Morgan fingerprint density at radius 1 is 0.564 bits per heavy atom. The Morgan fingerprint density at radius 2 is 1.15 bits per heavy atom. The number of hydrogen-bond acceptors (Lipinski definition) is 11. The Kier molecular flexibility index (Phi) is 7.30. The Bertz CT molecular complexity index is 1990. The molecule has 4 aromatic carbocycles. The number of aromatic hydroxyl groups is 1. The van der Waals surface area contributed by atoms with Crippen LogP contribution < -0.4 is 0 Å². The predicted molar refractivity (Wildman–Crippen MR) is 136 cm³/mol. The van der Waals surface area contributed by atoms with Gasteiger partial charge in [-0.25, -0.2) is 0 Å². The quantitative estimate of drug-likeness (QED) is 0.163. The lowest BCUT2D eigenvalue weighted by Gasteiger charge is -2.09. The second-order valence-electron chi connectivity index (χ2n) is 7.76. The van der Waals surface area contributed by atoms with E-state index in [9.17, 15) is 39.5 Å². The van der Waals surface area contributed by atoms with Gasteiger partial charge in [-0.2, -0.15) is 35.5 Å². The average Bonchev–Trinajstić information content (AvgIpc) is 2.85. The van der Waals surface area contributed by atoms with Crippen molar-refractivity contribution in [3.8, 4) is 5.75 Å². The lowest BCUT2D eigenvalue weighted by atomic mass is 10.1. The van der Waals surface area contributed by atoms with E-state index in [1.807, 2.05) is 0 Å². The number of fused-ring (bicyclic) bond motifs is 1. The van der Waals surface area contributed by atoms with Crippen molar-refractivity contribution in [3.63, 3.8) is 0 Å². The van der Waals surface area contributed by atoms with Gasteiger partial charge < -0.3 is 5.11 Å². The molecule has 0 fully saturated rings. The molecule has 39 heavy (non-hydrogen) atoms. The van der Waals surface area contributed by atoms with Crippen LogP contribution in [0.3, 0.4) is 0 Å². The number of rotatable bonds is 7. The van der Waals surface area contributed by atoms with Crippen molar-refractivity contribution < 1.29 is 44.0 Å². The zero-order chi connectivity index (χ0) is 28.6. The first-order valence-electron chi connectivity index (χ1n) is 10.4. The monoisotopic (exact) mass is 592 g/mol. The summed E-state index contributed by atoms with van der Waals surface area (Å²) in [6.45, 7) is 0. The van der Waals surface area contributed by atoms with Gasteiger partial charge in [0, 0.05) is 5.39 Å². The van der Waals surface area contributed by atoms with Gasteiger partial charge in [-0.05, 0) is 53.9 Å². The summed E-state index contributed by atoms with van der Waals surface area (Å²) < 4.78 is 98.5. The van der Waals surface area contributed by atoms with E-state index in [0.717, 1.165) is 30.3 Å². The standard InChI is InChI=1S/C22H16N4O10S3/c27-22-17-4-2-1-3-13(17)11-20(39(34,35)36)21(22)26-25-18-10-7-15(12-19(18)38(31,32)33)24-23-14-5-8-16(9-6-14)37(28,29)30/h1-12,27H,(H,28,29,30)(H,31,32,33)(H,34,35,36)/b24-23+,26-25+. The summed E-state index contributed by atoms with van der Waals surface area (Å²) in [6, 6.07) is 14.9. The normalized spacial score (nSPS) is 13.0. The summed E-state index contributed by atoms with van der Waals surface area (Å²) in [5.74, 6) is -0.650. The van der Waals surface area contributed by atoms with E-state index < -0.39 is 57.3 Å². The molecule has 0 bridgehead atoms. The van der Waals surface area contributed by atoms with E-state index in [0.29, 0.717) is 0 Å². The molecule has 202 valence electrons. The lowest BCUT2D eigenvalue weighted by Crippen LogP contribution is -1.99. The highest BCUT2D eigenvalue weighted by molar-refractivity contribution is 7.86. The fourth-order valence-electron chi connectivity index (χ4n) is 3.34. The minimum Gasteiger partial charge on any atom is -0.505 e. The maximum absolute atomic E-state index is 12.0. The summed E-state index contributed by atoms with van der Waals surface area (Å²) in [6.07, 6.45) is 0. The third-order valence-electron chi connectivity index (χ3n) is 5.13. The van der Waals surface area contributed by atoms with Gasteiger partial charge in [0.15, 0.2) is 5.75 Å². The molecular formula is C22H16N4O10S3. The van der Waals surface area contributed by atoms with Crippen LogP contribution in [0.4, 0.5) is 22.7 Å². The molecule has 0 aromatic heterocycles. The molecule has 4 N–H and O–H groups in total. The zero-order valence-corrected chi connectivity index (χ0v) is 21.6. The molecule has 4 rings (SSSR count). The highest BCUT2D eigenvalue weighted by atomic mass is 32.2. The van der Waals surface area contributed by atoms with Gasteiger partial charge >= 0.3 is 0 Å². The zero-order valence-electron chi connectivity index (χ0n) is 19.2. The topological polar surface area (TPSA) is 233 Å². The third-order valence-corrected chi connectivity index (χ3v) is 7.75. The van der Waals surface area contributed by atoms with Gasteiger partial charge in [-0.15, -0.1) is 10.2 Å². The van der Waals surface area contributed by atoms with Crippen molar-refractivity contribution in [1.29, 1.82) is 0 Å². The van der Waals surface area contributed by atoms with Crippen LogP contribution in [0.5, 0.6) is 5.75 Å². The number of azo groups is 2. The smallest absolute Gasteiger partial charge is 0.296 e. The van der Waals surface area contributed by atoms with Crippen LogP contribution in [-0.2, 0) is 30.4 Å². The molecule has 0 amide bonds. The summed E-state index contributed by atoms with van der Waals surface area (Å²) in [5.41, 5.74) is -1.09. The van der Waals surface area contributed by atoms with Crippen molar-refractivity contribution >= 4 is 63.9 Å². The summed E-state index contributed by atoms with van der Waals surface area (Å²) >= 11 is 0. The molecule has 0 saturated heterocycles. The first-order chi connectivity index (χ1) is 18.1. The SMILES string of the molecule is O=S(=O)(O)c1ccc(/N=N/c2ccc(/N=N/c3c(S(=O)(=O)O)cc4ccccc4c3O)c(S(=O)(=O)O)c2)cc1. The maximum Gasteiger partial charge on any atom is 0.296 e. The van der Waals surface area contributed by atoms with Crippen LogP contribution in [0.25, 0.3) is 10.8 Å². The molecule has 0 aliphatic carbocycles. The molecule has 0 unspecified atom stereocenters. The van der Waals surface area contributed by atoms with Crippen LogP contribution in [0, 0.1) is 0 Å². The van der Waals surface area contributed by atoms with Gasteiger partial charge in [0.2, 0.25) is 0 Å². The molecule has 0 radical (unpaired) electrons. The summed E-state index contributed by atoms with van der Waals surface area (Å²) in [4.78, 5) is -1.96. The Hall–Kier alpha value is -4.13. The highest BCUT2D eigenvalue weighted by Crippen LogP contribution is 2.42. The number of phenols is 1. The fourth-order valence-corrected chi connectivity index (χ4v) is 5.12. The van der Waals surface area contributed by atoms with E-state index in [1.54, 1.807) is 12.1 Å². The van der Waals surface area contributed by atoms with Crippen LogP contribution in [-0.4, -0.2) is 44.0 Å². The van der Waals surface area contributed by atoms with Crippen molar-refractivity contribution in [2.45, 2.75) is 14.7 Å². The van der Waals surface area contributed by atoms with E-state index in [1.165, 1.54) is 30.3 Å². The van der Waals surface area contributed by atoms with Crippen LogP contribution in [0.15, 0.2) is 108 Å². The Balaban J connectivity index is 1.75. The maximum atomic E-state index is 12.0. The van der Waals surface area contributed by atoms with E-state index in [4.69, 9.17) is 4.55 Å². The number of hydrogen-bond donors (Lipinski definition) is 4. The van der Waals surface area contributed by atoms with E-state index in [2.05, 4.69) is 20.5 Å².